The second kappa shape index (κ2) is 4.56. The minimum absolute atomic E-state index is 0.00175. The molecule has 0 aromatic heterocycles. The lowest BCUT2D eigenvalue weighted by atomic mass is 9.79. The lowest BCUT2D eigenvalue weighted by molar-refractivity contribution is -0.145. The third-order valence-corrected chi connectivity index (χ3v) is 5.16. The van der Waals surface area contributed by atoms with Gasteiger partial charge in [-0.1, -0.05) is 6.07 Å². The van der Waals surface area contributed by atoms with Crippen LogP contribution in [0.25, 0.3) is 0 Å². The Balaban J connectivity index is 1.55. The van der Waals surface area contributed by atoms with Gasteiger partial charge in [-0.3, -0.25) is 9.59 Å². The zero-order valence-corrected chi connectivity index (χ0v) is 11.7. The van der Waals surface area contributed by atoms with Gasteiger partial charge in [-0.05, 0) is 37.0 Å². The van der Waals surface area contributed by atoms with E-state index < -0.39 is 5.97 Å². The van der Waals surface area contributed by atoms with Crippen molar-refractivity contribution in [3.63, 3.8) is 0 Å². The standard InChI is InChI=1S/C16H15NO5/c18-14(17-9-3-1-2-7(4-9)15(19)20)12-8-5-10-11(6-8)22-16(21)13(10)12/h1-4,8,10-13H,5-6H2,(H,17,18)(H,19,20)/t8-,10+,11-,12-,13-/m1/s1. The van der Waals surface area contributed by atoms with Crippen LogP contribution in [0.15, 0.2) is 24.3 Å². The fourth-order valence-electron chi connectivity index (χ4n) is 4.32. The summed E-state index contributed by atoms with van der Waals surface area (Å²) in [6.07, 6.45) is 1.64. The molecule has 6 heteroatoms. The highest BCUT2D eigenvalue weighted by Gasteiger charge is 2.63. The Morgan fingerprint density at radius 3 is 2.86 bits per heavy atom. The molecule has 1 saturated heterocycles. The van der Waals surface area contributed by atoms with Crippen molar-refractivity contribution in [3.05, 3.63) is 29.8 Å². The Morgan fingerprint density at radius 1 is 1.27 bits per heavy atom. The van der Waals surface area contributed by atoms with Crippen molar-refractivity contribution < 1.29 is 24.2 Å². The van der Waals surface area contributed by atoms with Crippen LogP contribution in [0.1, 0.15) is 23.2 Å². The molecule has 0 radical (unpaired) electrons. The van der Waals surface area contributed by atoms with Gasteiger partial charge in [0.2, 0.25) is 5.91 Å². The van der Waals surface area contributed by atoms with E-state index in [1.165, 1.54) is 12.1 Å². The number of amides is 1. The summed E-state index contributed by atoms with van der Waals surface area (Å²) in [5, 5.41) is 11.7. The molecule has 22 heavy (non-hydrogen) atoms. The molecule has 4 rings (SSSR count). The molecule has 1 aromatic rings. The normalized spacial score (nSPS) is 34.5. The summed E-state index contributed by atoms with van der Waals surface area (Å²) in [6, 6.07) is 6.12. The Morgan fingerprint density at radius 2 is 2.09 bits per heavy atom. The summed E-state index contributed by atoms with van der Waals surface area (Å²) >= 11 is 0. The van der Waals surface area contributed by atoms with Crippen LogP contribution in [-0.2, 0) is 14.3 Å². The van der Waals surface area contributed by atoms with Crippen LogP contribution in [-0.4, -0.2) is 29.1 Å². The first-order valence-electron chi connectivity index (χ1n) is 7.39. The zero-order chi connectivity index (χ0) is 15.4. The molecule has 3 aliphatic rings. The molecule has 1 heterocycles. The number of aromatic carboxylic acids is 1. The van der Waals surface area contributed by atoms with Crippen molar-refractivity contribution >= 4 is 23.5 Å². The first-order chi connectivity index (χ1) is 10.5. The van der Waals surface area contributed by atoms with E-state index in [-0.39, 0.29) is 47.2 Å². The lowest BCUT2D eigenvalue weighted by Gasteiger charge is -2.23. The van der Waals surface area contributed by atoms with Gasteiger partial charge in [-0.2, -0.15) is 0 Å². The van der Waals surface area contributed by atoms with Gasteiger partial charge in [0.1, 0.15) is 6.10 Å². The van der Waals surface area contributed by atoms with Crippen molar-refractivity contribution in [2.24, 2.45) is 23.7 Å². The minimum atomic E-state index is -1.04. The number of anilines is 1. The number of benzene rings is 1. The smallest absolute Gasteiger partial charge is 0.335 e. The van der Waals surface area contributed by atoms with E-state index in [1.54, 1.807) is 12.1 Å². The predicted octanol–water partition coefficient (Wildman–Crippen LogP) is 1.52. The molecule has 1 aliphatic heterocycles. The molecule has 2 N–H and O–H groups in total. The van der Waals surface area contributed by atoms with Gasteiger partial charge in [-0.15, -0.1) is 0 Å². The van der Waals surface area contributed by atoms with Crippen LogP contribution < -0.4 is 5.32 Å². The highest BCUT2D eigenvalue weighted by molar-refractivity contribution is 5.98. The van der Waals surface area contributed by atoms with Crippen LogP contribution >= 0.6 is 0 Å². The number of carboxylic acids is 1. The van der Waals surface area contributed by atoms with Crippen molar-refractivity contribution in [1.29, 1.82) is 0 Å². The molecule has 2 aliphatic carbocycles. The fourth-order valence-corrected chi connectivity index (χ4v) is 4.32. The van der Waals surface area contributed by atoms with Gasteiger partial charge in [0.25, 0.3) is 0 Å². The highest BCUT2D eigenvalue weighted by atomic mass is 16.6. The third-order valence-electron chi connectivity index (χ3n) is 5.16. The maximum absolute atomic E-state index is 12.6. The molecular formula is C16H15NO5. The summed E-state index contributed by atoms with van der Waals surface area (Å²) in [6.45, 7) is 0. The summed E-state index contributed by atoms with van der Waals surface area (Å²) in [7, 11) is 0. The molecule has 1 amide bonds. The molecule has 6 nitrogen and oxygen atoms in total. The minimum Gasteiger partial charge on any atom is -0.478 e. The van der Waals surface area contributed by atoms with E-state index in [4.69, 9.17) is 9.84 Å². The molecule has 114 valence electrons. The molecule has 2 saturated carbocycles. The number of carboxylic acid groups (broad SMARTS) is 1. The third kappa shape index (κ3) is 1.83. The van der Waals surface area contributed by atoms with Gasteiger partial charge in [-0.25, -0.2) is 4.79 Å². The lowest BCUT2D eigenvalue weighted by Crippen LogP contribution is -2.35. The fraction of sp³-hybridized carbons (Fsp3) is 0.438. The summed E-state index contributed by atoms with van der Waals surface area (Å²) in [5.41, 5.74) is 0.557. The number of hydrogen-bond donors (Lipinski definition) is 2. The number of fused-ring (bicyclic) bond motifs is 1. The van der Waals surface area contributed by atoms with E-state index in [9.17, 15) is 14.4 Å². The van der Waals surface area contributed by atoms with E-state index in [2.05, 4.69) is 5.32 Å². The van der Waals surface area contributed by atoms with Gasteiger partial charge < -0.3 is 15.2 Å². The van der Waals surface area contributed by atoms with Crippen LogP contribution in [0.4, 0.5) is 5.69 Å². The zero-order valence-electron chi connectivity index (χ0n) is 11.7. The van der Waals surface area contributed by atoms with Crippen molar-refractivity contribution in [2.75, 3.05) is 5.32 Å². The SMILES string of the molecule is O=C(O)c1cccc(NC(=O)[C@@H]2[C@@H]3C[C@@H]4[C@H]2C(=O)O[C@@H]4C3)c1. The van der Waals surface area contributed by atoms with Gasteiger partial charge in [0, 0.05) is 11.6 Å². The van der Waals surface area contributed by atoms with Crippen LogP contribution in [0.5, 0.6) is 0 Å². The number of rotatable bonds is 3. The summed E-state index contributed by atoms with van der Waals surface area (Å²) in [5.74, 6) is -1.83. The highest BCUT2D eigenvalue weighted by Crippen LogP contribution is 2.57. The molecule has 1 aromatic carbocycles. The first kappa shape index (κ1) is 13.3. The van der Waals surface area contributed by atoms with Gasteiger partial charge in [0.15, 0.2) is 0 Å². The van der Waals surface area contributed by atoms with E-state index in [0.717, 1.165) is 12.8 Å². The second-order valence-electron chi connectivity index (χ2n) is 6.30. The van der Waals surface area contributed by atoms with Crippen molar-refractivity contribution in [3.8, 4) is 0 Å². The van der Waals surface area contributed by atoms with Crippen LogP contribution in [0.3, 0.4) is 0 Å². The van der Waals surface area contributed by atoms with E-state index in [0.29, 0.717) is 5.69 Å². The topological polar surface area (TPSA) is 92.7 Å². The largest absolute Gasteiger partial charge is 0.478 e. The average molecular weight is 301 g/mol. The van der Waals surface area contributed by atoms with Gasteiger partial charge >= 0.3 is 11.9 Å². The predicted molar refractivity (Wildman–Crippen MR) is 75.1 cm³/mol. The molecule has 0 unspecified atom stereocenters. The second-order valence-corrected chi connectivity index (χ2v) is 6.30. The molecule has 3 fully saturated rings. The van der Waals surface area contributed by atoms with E-state index in [1.807, 2.05) is 0 Å². The number of hydrogen-bond acceptors (Lipinski definition) is 4. The average Bonchev–Trinajstić information content (AvgIpc) is 3.08. The van der Waals surface area contributed by atoms with Crippen molar-refractivity contribution in [2.45, 2.75) is 18.9 Å². The quantitative estimate of drug-likeness (QED) is 0.826. The Bertz CT molecular complexity index is 683. The molecular weight excluding hydrogens is 286 g/mol. The maximum Gasteiger partial charge on any atom is 0.335 e. The Kier molecular flexibility index (Phi) is 2.76. The number of esters is 1. The number of nitrogens with one attached hydrogen (secondary N) is 1. The number of carbonyl (C=O) groups excluding carboxylic acids is 2. The monoisotopic (exact) mass is 301 g/mol. The summed E-state index contributed by atoms with van der Waals surface area (Å²) < 4.78 is 5.32. The number of carbonyl (C=O) groups is 3. The van der Waals surface area contributed by atoms with Crippen LogP contribution in [0.2, 0.25) is 0 Å². The number of ether oxygens (including phenoxy) is 1. The maximum atomic E-state index is 12.6. The first-order valence-corrected chi connectivity index (χ1v) is 7.39. The van der Waals surface area contributed by atoms with Gasteiger partial charge in [0.05, 0.1) is 17.4 Å². The van der Waals surface area contributed by atoms with E-state index >= 15 is 0 Å². The van der Waals surface area contributed by atoms with Crippen molar-refractivity contribution in [1.82, 2.24) is 0 Å². The van der Waals surface area contributed by atoms with Crippen LogP contribution in [0, 0.1) is 23.7 Å². The summed E-state index contributed by atoms with van der Waals surface area (Å²) in [4.78, 5) is 35.4. The molecule has 0 spiro atoms. The Hall–Kier alpha value is -2.37. The molecule has 5 atom stereocenters. The molecule has 2 bridgehead atoms. The Labute approximate surface area is 126 Å².